The first-order chi connectivity index (χ1) is 30.8. The molecule has 2 nitrogen and oxygen atoms in total. The van der Waals surface area contributed by atoms with Crippen LogP contribution >= 0.6 is 11.3 Å². The fraction of sp³-hybridized carbons (Fsp3) is 0.0169. The van der Waals surface area contributed by atoms with Crippen molar-refractivity contribution in [2.45, 2.75) is 5.41 Å². The van der Waals surface area contributed by atoms with Gasteiger partial charge in [-0.05, 0) is 74.5 Å². The number of nitrogens with zero attached hydrogens (tertiary/aromatic N) is 1. The van der Waals surface area contributed by atoms with Crippen LogP contribution in [0.1, 0.15) is 22.3 Å². The number of furan rings is 1. The van der Waals surface area contributed by atoms with Crippen LogP contribution in [0.3, 0.4) is 0 Å². The zero-order chi connectivity index (χ0) is 40.8. The summed E-state index contributed by atoms with van der Waals surface area (Å²) >= 11 is 1.89. The van der Waals surface area contributed by atoms with Gasteiger partial charge in [0.2, 0.25) is 0 Å². The summed E-state index contributed by atoms with van der Waals surface area (Å²) in [6, 6.07) is 82.2. The van der Waals surface area contributed by atoms with Crippen molar-refractivity contribution in [1.82, 2.24) is 0 Å². The largest absolute Gasteiger partial charge is 0.455 e. The molecule has 0 N–H and O–H groups in total. The number of benzene rings is 10. The van der Waals surface area contributed by atoms with E-state index >= 15 is 0 Å². The number of hydrogen-bond acceptors (Lipinski definition) is 3. The first kappa shape index (κ1) is 35.1. The molecule has 10 aromatic carbocycles. The highest BCUT2D eigenvalue weighted by atomic mass is 32.1. The molecule has 290 valence electrons. The van der Waals surface area contributed by atoms with E-state index in [-0.39, 0.29) is 0 Å². The van der Waals surface area contributed by atoms with Crippen molar-refractivity contribution >= 4 is 81.3 Å². The molecule has 0 aliphatic heterocycles. The fourth-order valence-corrected chi connectivity index (χ4v) is 11.9. The number of rotatable bonds is 6. The molecule has 3 heteroatoms. The molecule has 0 amide bonds. The summed E-state index contributed by atoms with van der Waals surface area (Å²) in [5.74, 6) is 0. The Labute approximate surface area is 363 Å². The Morgan fingerprint density at radius 1 is 0.371 bits per heavy atom. The lowest BCUT2D eigenvalue weighted by Crippen LogP contribution is -2.28. The molecular formula is C59H37NOS. The third-order valence-corrected chi connectivity index (χ3v) is 14.4. The second-order valence-electron chi connectivity index (χ2n) is 16.3. The highest BCUT2D eigenvalue weighted by molar-refractivity contribution is 7.27. The van der Waals surface area contributed by atoms with Crippen LogP contribution in [0.15, 0.2) is 229 Å². The van der Waals surface area contributed by atoms with Crippen LogP contribution in [0.4, 0.5) is 17.1 Å². The SMILES string of the molecule is c1ccc(C2(c3ccccc3)c3ccccc3-c3cc(N(c4ccccc4-c4cccc5c4oc4ccccc45)c4cccc5c4sc4c6ccccc6ccc54)ccc32)cc1. The maximum absolute atomic E-state index is 6.73. The molecule has 0 unspecified atom stereocenters. The van der Waals surface area contributed by atoms with E-state index in [0.717, 1.165) is 50.1 Å². The van der Waals surface area contributed by atoms with Crippen molar-refractivity contribution in [3.8, 4) is 22.3 Å². The van der Waals surface area contributed by atoms with Crippen LogP contribution in [-0.2, 0) is 5.41 Å². The van der Waals surface area contributed by atoms with Gasteiger partial charge in [0.1, 0.15) is 11.2 Å². The number of fused-ring (bicyclic) bond motifs is 11. The first-order valence-electron chi connectivity index (χ1n) is 21.3. The zero-order valence-corrected chi connectivity index (χ0v) is 34.4. The summed E-state index contributed by atoms with van der Waals surface area (Å²) in [7, 11) is 0. The van der Waals surface area contributed by atoms with Gasteiger partial charge in [-0.3, -0.25) is 0 Å². The molecule has 0 spiro atoms. The Balaban J connectivity index is 1.11. The number of thiophene rings is 1. The minimum Gasteiger partial charge on any atom is -0.455 e. The van der Waals surface area contributed by atoms with Crippen molar-refractivity contribution in [2.24, 2.45) is 0 Å². The van der Waals surface area contributed by atoms with Gasteiger partial charge in [-0.15, -0.1) is 11.3 Å². The van der Waals surface area contributed by atoms with Crippen molar-refractivity contribution in [1.29, 1.82) is 0 Å². The molecule has 0 bridgehead atoms. The van der Waals surface area contributed by atoms with Gasteiger partial charge in [0.25, 0.3) is 0 Å². The third kappa shape index (κ3) is 4.97. The molecule has 2 heterocycles. The lowest BCUT2D eigenvalue weighted by atomic mass is 9.68. The van der Waals surface area contributed by atoms with Crippen molar-refractivity contribution in [3.63, 3.8) is 0 Å². The quantitative estimate of drug-likeness (QED) is 0.166. The predicted molar refractivity (Wildman–Crippen MR) is 262 cm³/mol. The Morgan fingerprint density at radius 3 is 1.81 bits per heavy atom. The molecule has 0 saturated carbocycles. The van der Waals surface area contributed by atoms with Crippen molar-refractivity contribution in [2.75, 3.05) is 4.90 Å². The van der Waals surface area contributed by atoms with Crippen LogP contribution in [-0.4, -0.2) is 0 Å². The minimum absolute atomic E-state index is 0.487. The first-order valence-corrected chi connectivity index (χ1v) is 22.1. The predicted octanol–water partition coefficient (Wildman–Crippen LogP) is 16.6. The van der Waals surface area contributed by atoms with E-state index in [1.165, 1.54) is 64.3 Å². The van der Waals surface area contributed by atoms with Gasteiger partial charge in [-0.1, -0.05) is 194 Å². The number of hydrogen-bond donors (Lipinski definition) is 0. The Kier molecular flexibility index (Phi) is 7.72. The average Bonchev–Trinajstić information content (AvgIpc) is 4.02. The van der Waals surface area contributed by atoms with Crippen LogP contribution < -0.4 is 4.90 Å². The number of para-hydroxylation sites is 3. The summed E-state index contributed by atoms with van der Waals surface area (Å²) in [6.07, 6.45) is 0. The van der Waals surface area contributed by atoms with Gasteiger partial charge in [0, 0.05) is 43.1 Å². The summed E-state index contributed by atoms with van der Waals surface area (Å²) in [5, 5.41) is 7.32. The van der Waals surface area contributed by atoms with Crippen LogP contribution in [0.5, 0.6) is 0 Å². The van der Waals surface area contributed by atoms with Crippen LogP contribution in [0, 0.1) is 0 Å². The molecule has 0 saturated heterocycles. The van der Waals surface area contributed by atoms with Gasteiger partial charge in [0.05, 0.1) is 21.5 Å². The molecule has 62 heavy (non-hydrogen) atoms. The lowest BCUT2D eigenvalue weighted by Gasteiger charge is -2.34. The van der Waals surface area contributed by atoms with E-state index in [2.05, 4.69) is 223 Å². The summed E-state index contributed by atoms with van der Waals surface area (Å²) in [6.45, 7) is 0. The average molecular weight is 808 g/mol. The van der Waals surface area contributed by atoms with Gasteiger partial charge in [0.15, 0.2) is 0 Å². The smallest absolute Gasteiger partial charge is 0.143 e. The van der Waals surface area contributed by atoms with Crippen LogP contribution in [0.2, 0.25) is 0 Å². The van der Waals surface area contributed by atoms with E-state index in [1.807, 2.05) is 17.4 Å². The molecule has 0 atom stereocenters. The maximum atomic E-state index is 6.73. The van der Waals surface area contributed by atoms with Gasteiger partial charge in [-0.25, -0.2) is 0 Å². The van der Waals surface area contributed by atoms with Gasteiger partial charge in [-0.2, -0.15) is 0 Å². The monoisotopic (exact) mass is 807 g/mol. The number of anilines is 3. The Bertz CT molecular complexity index is 3670. The molecule has 12 aromatic rings. The maximum Gasteiger partial charge on any atom is 0.143 e. The molecular weight excluding hydrogens is 771 g/mol. The van der Waals surface area contributed by atoms with E-state index in [0.29, 0.717) is 0 Å². The highest BCUT2D eigenvalue weighted by Gasteiger charge is 2.46. The Morgan fingerprint density at radius 2 is 0.968 bits per heavy atom. The fourth-order valence-electron chi connectivity index (χ4n) is 10.5. The summed E-state index contributed by atoms with van der Waals surface area (Å²) < 4.78 is 9.28. The molecule has 1 aliphatic carbocycles. The molecule has 13 rings (SSSR count). The van der Waals surface area contributed by atoms with E-state index in [1.54, 1.807) is 0 Å². The zero-order valence-electron chi connectivity index (χ0n) is 33.6. The lowest BCUT2D eigenvalue weighted by molar-refractivity contribution is 0.670. The van der Waals surface area contributed by atoms with Crippen molar-refractivity contribution in [3.05, 3.63) is 247 Å². The highest BCUT2D eigenvalue weighted by Crippen LogP contribution is 2.58. The van der Waals surface area contributed by atoms with E-state index in [9.17, 15) is 0 Å². The topological polar surface area (TPSA) is 16.4 Å². The second kappa shape index (κ2) is 13.7. The van der Waals surface area contributed by atoms with Gasteiger partial charge >= 0.3 is 0 Å². The van der Waals surface area contributed by atoms with Crippen LogP contribution in [0.25, 0.3) is 75.1 Å². The van der Waals surface area contributed by atoms with Gasteiger partial charge < -0.3 is 9.32 Å². The third-order valence-electron chi connectivity index (χ3n) is 13.1. The Hall–Kier alpha value is -7.72. The summed E-state index contributed by atoms with van der Waals surface area (Å²) in [4.78, 5) is 2.50. The molecule has 2 aromatic heterocycles. The standard InChI is InChI=1S/C59H37NOS/c1-3-18-39(19-4-1)59(40-20-5-2-6-21-40)51-29-12-9-23-43(51)50-37-41(34-36-52(50)59)60(54-31-16-28-48-49-35-33-38-17-7-8-22-42(38)57(49)62-58(48)54)53-30-13-10-24-44(53)46-26-15-27-47-45-25-11-14-32-55(45)61-56(46)47/h1-37H. The van der Waals surface area contributed by atoms with E-state index < -0.39 is 5.41 Å². The minimum atomic E-state index is -0.487. The molecule has 0 radical (unpaired) electrons. The van der Waals surface area contributed by atoms with E-state index in [4.69, 9.17) is 4.42 Å². The second-order valence-corrected chi connectivity index (χ2v) is 17.3. The molecule has 0 fully saturated rings. The van der Waals surface area contributed by atoms with Crippen molar-refractivity contribution < 1.29 is 4.42 Å². The molecule has 1 aliphatic rings. The normalized spacial score (nSPS) is 13.0. The summed E-state index contributed by atoms with van der Waals surface area (Å²) in [5.41, 5.74) is 14.4.